The van der Waals surface area contributed by atoms with Crippen LogP contribution in [0.25, 0.3) is 6.08 Å². The van der Waals surface area contributed by atoms with Crippen molar-refractivity contribution >= 4 is 17.7 Å². The maximum atomic E-state index is 12.7. The quantitative estimate of drug-likeness (QED) is 0.752. The summed E-state index contributed by atoms with van der Waals surface area (Å²) in [6.07, 6.45) is -0.837. The number of rotatable bonds is 3. The van der Waals surface area contributed by atoms with Gasteiger partial charge in [0, 0.05) is 16.8 Å². The second-order valence-electron chi connectivity index (χ2n) is 7.43. The van der Waals surface area contributed by atoms with Crippen LogP contribution in [0.1, 0.15) is 45.1 Å². The zero-order chi connectivity index (χ0) is 21.6. The lowest BCUT2D eigenvalue weighted by Crippen LogP contribution is -2.36. The van der Waals surface area contributed by atoms with Gasteiger partial charge >= 0.3 is 6.18 Å². The van der Waals surface area contributed by atoms with Gasteiger partial charge in [-0.15, -0.1) is 0 Å². The highest BCUT2D eigenvalue weighted by atomic mass is 19.4. The van der Waals surface area contributed by atoms with Crippen LogP contribution in [0.5, 0.6) is 5.75 Å². The summed E-state index contributed by atoms with van der Waals surface area (Å²) in [7, 11) is 0. The number of carbonyl (C=O) groups is 1. The van der Waals surface area contributed by atoms with Gasteiger partial charge in [-0.1, -0.05) is 6.08 Å². The first-order valence-electron chi connectivity index (χ1n) is 9.08. The Bertz CT molecular complexity index is 994. The highest BCUT2D eigenvalue weighted by Crippen LogP contribution is 2.41. The first-order chi connectivity index (χ1) is 13.5. The summed E-state index contributed by atoms with van der Waals surface area (Å²) in [5, 5.41) is 12.4. The van der Waals surface area contributed by atoms with Crippen molar-refractivity contribution in [1.29, 1.82) is 0 Å². The third kappa shape index (κ3) is 3.87. The molecule has 2 aromatic carbocycles. The number of ether oxygens (including phenoxy) is 1. The van der Waals surface area contributed by atoms with Crippen LogP contribution in [-0.4, -0.2) is 23.2 Å². The SMILES string of the molecule is Cc1c(C)c2c(c(C)c1NC(=O)c1ccc(C(F)(F)F)cc1)C=CC(C)(CO)O2. The van der Waals surface area contributed by atoms with E-state index in [1.807, 2.05) is 26.8 Å². The van der Waals surface area contributed by atoms with Gasteiger partial charge < -0.3 is 15.2 Å². The molecule has 154 valence electrons. The number of hydrogen-bond donors (Lipinski definition) is 2. The van der Waals surface area contributed by atoms with Gasteiger partial charge in [0.25, 0.3) is 5.91 Å². The fourth-order valence-electron chi connectivity index (χ4n) is 3.27. The Morgan fingerprint density at radius 2 is 1.72 bits per heavy atom. The Labute approximate surface area is 167 Å². The van der Waals surface area contributed by atoms with Crippen LogP contribution in [-0.2, 0) is 6.18 Å². The zero-order valence-corrected chi connectivity index (χ0v) is 16.6. The first kappa shape index (κ1) is 20.9. The Balaban J connectivity index is 1.95. The Hall–Kier alpha value is -2.80. The van der Waals surface area contributed by atoms with Crippen LogP contribution < -0.4 is 10.1 Å². The van der Waals surface area contributed by atoms with Crippen LogP contribution in [0.4, 0.5) is 18.9 Å². The Morgan fingerprint density at radius 1 is 1.10 bits per heavy atom. The van der Waals surface area contributed by atoms with E-state index >= 15 is 0 Å². The van der Waals surface area contributed by atoms with E-state index in [1.54, 1.807) is 13.0 Å². The normalized spacial score (nSPS) is 18.2. The van der Waals surface area contributed by atoms with E-state index in [2.05, 4.69) is 5.32 Å². The molecule has 0 radical (unpaired) electrons. The summed E-state index contributed by atoms with van der Waals surface area (Å²) in [4.78, 5) is 12.6. The third-order valence-electron chi connectivity index (χ3n) is 5.27. The molecule has 7 heteroatoms. The fraction of sp³-hybridized carbons (Fsp3) is 0.318. The number of anilines is 1. The molecule has 3 rings (SSSR count). The van der Waals surface area contributed by atoms with Crippen molar-refractivity contribution in [3.63, 3.8) is 0 Å². The topological polar surface area (TPSA) is 58.6 Å². The van der Waals surface area contributed by atoms with E-state index < -0.39 is 23.2 Å². The number of benzene rings is 2. The molecule has 2 aromatic rings. The minimum Gasteiger partial charge on any atom is -0.480 e. The largest absolute Gasteiger partial charge is 0.480 e. The molecule has 0 saturated carbocycles. The molecule has 1 aliphatic heterocycles. The molecule has 1 aliphatic rings. The van der Waals surface area contributed by atoms with Gasteiger partial charge in [0.2, 0.25) is 0 Å². The van der Waals surface area contributed by atoms with E-state index in [-0.39, 0.29) is 12.2 Å². The van der Waals surface area contributed by atoms with Crippen LogP contribution in [0.2, 0.25) is 0 Å². The van der Waals surface area contributed by atoms with Gasteiger partial charge in [-0.2, -0.15) is 13.2 Å². The molecule has 0 saturated heterocycles. The van der Waals surface area contributed by atoms with Crippen LogP contribution in [0.3, 0.4) is 0 Å². The lowest BCUT2D eigenvalue weighted by atomic mass is 9.91. The Kier molecular flexibility index (Phi) is 5.21. The lowest BCUT2D eigenvalue weighted by molar-refractivity contribution is -0.137. The third-order valence-corrected chi connectivity index (χ3v) is 5.27. The van der Waals surface area contributed by atoms with Crippen LogP contribution >= 0.6 is 0 Å². The number of fused-ring (bicyclic) bond motifs is 1. The van der Waals surface area contributed by atoms with Crippen LogP contribution in [0, 0.1) is 20.8 Å². The molecule has 1 atom stereocenters. The second kappa shape index (κ2) is 7.22. The number of aliphatic hydroxyl groups is 1. The number of halogens is 3. The van der Waals surface area contributed by atoms with Crippen molar-refractivity contribution in [2.75, 3.05) is 11.9 Å². The predicted octanol–water partition coefficient (Wildman–Crippen LogP) is 5.04. The molecule has 0 aromatic heterocycles. The summed E-state index contributed by atoms with van der Waals surface area (Å²) in [5.41, 5.74) is 2.27. The lowest BCUT2D eigenvalue weighted by Gasteiger charge is -2.33. The Morgan fingerprint density at radius 3 is 2.28 bits per heavy atom. The van der Waals surface area contributed by atoms with E-state index in [0.717, 1.165) is 46.5 Å². The van der Waals surface area contributed by atoms with E-state index in [9.17, 15) is 23.1 Å². The molecule has 1 heterocycles. The second-order valence-corrected chi connectivity index (χ2v) is 7.43. The van der Waals surface area contributed by atoms with E-state index in [1.165, 1.54) is 0 Å². The summed E-state index contributed by atoms with van der Waals surface area (Å²) < 4.78 is 44.2. The minimum absolute atomic E-state index is 0.131. The molecule has 1 amide bonds. The van der Waals surface area contributed by atoms with Crippen molar-refractivity contribution in [1.82, 2.24) is 0 Å². The average molecular weight is 405 g/mol. The number of hydrogen-bond acceptors (Lipinski definition) is 3. The van der Waals surface area contributed by atoms with Gasteiger partial charge in [0.15, 0.2) is 0 Å². The molecule has 0 aliphatic carbocycles. The smallest absolute Gasteiger partial charge is 0.416 e. The minimum atomic E-state index is -4.45. The summed E-state index contributed by atoms with van der Waals surface area (Å²) in [6.45, 7) is 7.13. The monoisotopic (exact) mass is 405 g/mol. The number of carbonyl (C=O) groups excluding carboxylic acids is 1. The average Bonchev–Trinajstić information content (AvgIpc) is 2.68. The number of nitrogens with one attached hydrogen (secondary N) is 1. The van der Waals surface area contributed by atoms with Gasteiger partial charge in [0.1, 0.15) is 11.4 Å². The summed E-state index contributed by atoms with van der Waals surface area (Å²) >= 11 is 0. The maximum Gasteiger partial charge on any atom is 0.416 e. The van der Waals surface area contributed by atoms with Crippen molar-refractivity contribution in [3.05, 3.63) is 63.7 Å². The first-order valence-corrected chi connectivity index (χ1v) is 9.08. The molecular formula is C22H22F3NO3. The standard InChI is InChI=1S/C22H22F3NO3/c1-12-13(2)19-17(9-10-21(4,11-27)29-19)14(3)18(12)26-20(28)15-5-7-16(8-6-15)22(23,24)25/h5-10,27H,11H2,1-4H3,(H,26,28). The number of amides is 1. The molecule has 1 unspecified atom stereocenters. The van der Waals surface area contributed by atoms with E-state index in [0.29, 0.717) is 11.4 Å². The van der Waals surface area contributed by atoms with E-state index in [4.69, 9.17) is 4.74 Å². The highest BCUT2D eigenvalue weighted by molar-refractivity contribution is 6.05. The van der Waals surface area contributed by atoms with Gasteiger partial charge in [0.05, 0.1) is 12.2 Å². The number of aliphatic hydroxyl groups excluding tert-OH is 1. The molecule has 0 spiro atoms. The molecule has 4 nitrogen and oxygen atoms in total. The summed E-state index contributed by atoms with van der Waals surface area (Å²) in [6, 6.07) is 4.09. The molecular weight excluding hydrogens is 383 g/mol. The maximum absolute atomic E-state index is 12.7. The fourth-order valence-corrected chi connectivity index (χ4v) is 3.27. The molecule has 0 bridgehead atoms. The highest BCUT2D eigenvalue weighted by Gasteiger charge is 2.31. The van der Waals surface area contributed by atoms with Gasteiger partial charge in [-0.05, 0) is 74.7 Å². The molecule has 0 fully saturated rings. The summed E-state index contributed by atoms with van der Waals surface area (Å²) in [5.74, 6) is 0.150. The van der Waals surface area contributed by atoms with Gasteiger partial charge in [-0.3, -0.25) is 4.79 Å². The molecule has 2 N–H and O–H groups in total. The van der Waals surface area contributed by atoms with Gasteiger partial charge in [-0.25, -0.2) is 0 Å². The van der Waals surface area contributed by atoms with Crippen molar-refractivity contribution in [2.45, 2.75) is 39.5 Å². The zero-order valence-electron chi connectivity index (χ0n) is 16.6. The van der Waals surface area contributed by atoms with Crippen LogP contribution in [0.15, 0.2) is 30.3 Å². The van der Waals surface area contributed by atoms with Crippen molar-refractivity contribution < 1.29 is 27.8 Å². The van der Waals surface area contributed by atoms with Crippen molar-refractivity contribution in [2.24, 2.45) is 0 Å². The predicted molar refractivity (Wildman–Crippen MR) is 105 cm³/mol. The molecule has 29 heavy (non-hydrogen) atoms. The van der Waals surface area contributed by atoms with Crippen molar-refractivity contribution in [3.8, 4) is 5.75 Å². The number of alkyl halides is 3.